The molecule has 0 spiro atoms. The molecule has 2 rings (SSSR count). The third-order valence-electron chi connectivity index (χ3n) is 2.69. The highest BCUT2D eigenvalue weighted by atomic mass is 16.4. The summed E-state index contributed by atoms with van der Waals surface area (Å²) in [5.41, 5.74) is -0.351. The maximum Gasteiger partial charge on any atom is 0.326 e. The average molecular weight is 237 g/mol. The Morgan fingerprint density at radius 1 is 1.53 bits per heavy atom. The Kier molecular flexibility index (Phi) is 2.90. The molecule has 0 aliphatic carbocycles. The third kappa shape index (κ3) is 2.17. The van der Waals surface area contributed by atoms with Crippen LogP contribution in [-0.2, 0) is 4.79 Å². The number of rotatable bonds is 2. The first kappa shape index (κ1) is 11.3. The van der Waals surface area contributed by atoms with Crippen LogP contribution in [-0.4, -0.2) is 44.4 Å². The standard InChI is InChI=1S/C10H11N3O4/c14-8-5-11-6(4-12-8)9(15)13-3-1-2-7(13)10(16)17/h4-5,7H,1-3H2,(H,12,14)(H,16,17)/t7-/m0/s1. The van der Waals surface area contributed by atoms with Crippen LogP contribution in [0.25, 0.3) is 0 Å². The number of H-pyrrole nitrogens is 1. The molecule has 7 nitrogen and oxygen atoms in total. The van der Waals surface area contributed by atoms with Gasteiger partial charge in [0.25, 0.3) is 11.5 Å². The SMILES string of the molecule is O=C(O)[C@@H]1CCCN1C(=O)c1c[nH]c(=O)cn1. The van der Waals surface area contributed by atoms with Gasteiger partial charge in [0.1, 0.15) is 11.7 Å². The number of likely N-dealkylation sites (tertiary alicyclic amines) is 1. The number of carbonyl (C=O) groups excluding carboxylic acids is 1. The smallest absolute Gasteiger partial charge is 0.326 e. The van der Waals surface area contributed by atoms with Crippen LogP contribution in [0, 0.1) is 0 Å². The average Bonchev–Trinajstić information content (AvgIpc) is 2.78. The maximum absolute atomic E-state index is 12.0. The molecule has 1 fully saturated rings. The van der Waals surface area contributed by atoms with E-state index in [9.17, 15) is 14.4 Å². The lowest BCUT2D eigenvalue weighted by Crippen LogP contribution is -2.40. The van der Waals surface area contributed by atoms with Gasteiger partial charge in [-0.2, -0.15) is 0 Å². The number of hydrogen-bond donors (Lipinski definition) is 2. The van der Waals surface area contributed by atoms with Gasteiger partial charge in [-0.3, -0.25) is 9.59 Å². The van der Waals surface area contributed by atoms with Crippen LogP contribution in [0.3, 0.4) is 0 Å². The van der Waals surface area contributed by atoms with Crippen molar-refractivity contribution in [2.75, 3.05) is 6.54 Å². The van der Waals surface area contributed by atoms with Crippen molar-refractivity contribution < 1.29 is 14.7 Å². The van der Waals surface area contributed by atoms with E-state index in [-0.39, 0.29) is 5.69 Å². The lowest BCUT2D eigenvalue weighted by molar-refractivity contribution is -0.141. The second kappa shape index (κ2) is 4.36. The summed E-state index contributed by atoms with van der Waals surface area (Å²) in [7, 11) is 0. The number of carboxylic acid groups (broad SMARTS) is 1. The Morgan fingerprint density at radius 3 is 2.88 bits per heavy atom. The summed E-state index contributed by atoms with van der Waals surface area (Å²) < 4.78 is 0. The van der Waals surface area contributed by atoms with Crippen LogP contribution in [0.2, 0.25) is 0 Å². The van der Waals surface area contributed by atoms with Gasteiger partial charge in [0.05, 0.1) is 6.20 Å². The zero-order chi connectivity index (χ0) is 12.4. The molecule has 1 saturated heterocycles. The maximum atomic E-state index is 12.0. The minimum absolute atomic E-state index is 0.0535. The molecule has 0 bridgehead atoms. The van der Waals surface area contributed by atoms with Crippen molar-refractivity contribution in [3.63, 3.8) is 0 Å². The van der Waals surface area contributed by atoms with E-state index in [1.54, 1.807) is 0 Å². The van der Waals surface area contributed by atoms with Gasteiger partial charge >= 0.3 is 5.97 Å². The van der Waals surface area contributed by atoms with Crippen LogP contribution in [0.4, 0.5) is 0 Å². The van der Waals surface area contributed by atoms with E-state index in [2.05, 4.69) is 9.97 Å². The minimum Gasteiger partial charge on any atom is -0.480 e. The van der Waals surface area contributed by atoms with Crippen molar-refractivity contribution in [3.8, 4) is 0 Å². The largest absolute Gasteiger partial charge is 0.480 e. The van der Waals surface area contributed by atoms with Crippen LogP contribution < -0.4 is 5.56 Å². The lowest BCUT2D eigenvalue weighted by atomic mass is 10.2. The van der Waals surface area contributed by atoms with E-state index < -0.39 is 23.5 Å². The summed E-state index contributed by atoms with van der Waals surface area (Å²) in [6, 6.07) is -0.795. The van der Waals surface area contributed by atoms with E-state index in [0.29, 0.717) is 19.4 Å². The molecule has 1 atom stereocenters. The fourth-order valence-corrected chi connectivity index (χ4v) is 1.87. The minimum atomic E-state index is -1.01. The Balaban J connectivity index is 2.22. The second-order valence-corrected chi connectivity index (χ2v) is 3.79. The zero-order valence-electron chi connectivity index (χ0n) is 8.92. The number of nitrogens with one attached hydrogen (secondary N) is 1. The number of aromatic amines is 1. The summed E-state index contributed by atoms with van der Waals surface area (Å²) in [5.74, 6) is -1.48. The van der Waals surface area contributed by atoms with Gasteiger partial charge in [-0.15, -0.1) is 0 Å². The molecule has 0 aromatic carbocycles. The monoisotopic (exact) mass is 237 g/mol. The molecule has 1 aromatic heterocycles. The Hall–Kier alpha value is -2.18. The van der Waals surface area contributed by atoms with Crippen molar-refractivity contribution >= 4 is 11.9 Å². The lowest BCUT2D eigenvalue weighted by Gasteiger charge is -2.20. The van der Waals surface area contributed by atoms with Crippen molar-refractivity contribution in [2.45, 2.75) is 18.9 Å². The first-order valence-electron chi connectivity index (χ1n) is 5.18. The quantitative estimate of drug-likeness (QED) is 0.718. The van der Waals surface area contributed by atoms with Crippen LogP contribution >= 0.6 is 0 Å². The molecule has 1 aromatic rings. The predicted molar refractivity (Wildman–Crippen MR) is 56.6 cm³/mol. The summed E-state index contributed by atoms with van der Waals surface area (Å²) in [6.45, 7) is 0.399. The molecule has 0 unspecified atom stereocenters. The molecule has 90 valence electrons. The van der Waals surface area contributed by atoms with Gasteiger partial charge in [0.15, 0.2) is 0 Å². The Morgan fingerprint density at radius 2 is 2.29 bits per heavy atom. The second-order valence-electron chi connectivity index (χ2n) is 3.79. The molecule has 1 amide bonds. The van der Waals surface area contributed by atoms with E-state index in [0.717, 1.165) is 6.20 Å². The van der Waals surface area contributed by atoms with Gasteiger partial charge in [-0.25, -0.2) is 9.78 Å². The Labute approximate surface area is 96.1 Å². The molecule has 7 heteroatoms. The van der Waals surface area contributed by atoms with E-state index in [1.807, 2.05) is 0 Å². The molecule has 17 heavy (non-hydrogen) atoms. The summed E-state index contributed by atoms with van der Waals surface area (Å²) in [5, 5.41) is 8.95. The molecular formula is C10H11N3O4. The third-order valence-corrected chi connectivity index (χ3v) is 2.69. The molecule has 2 N–H and O–H groups in total. The van der Waals surface area contributed by atoms with Crippen molar-refractivity contribution in [1.29, 1.82) is 0 Å². The Bertz CT molecular complexity index is 490. The molecule has 0 radical (unpaired) electrons. The highest BCUT2D eigenvalue weighted by Crippen LogP contribution is 2.19. The van der Waals surface area contributed by atoms with Gasteiger partial charge < -0.3 is 15.0 Å². The van der Waals surface area contributed by atoms with Gasteiger partial charge in [-0.1, -0.05) is 0 Å². The number of amides is 1. The highest BCUT2D eigenvalue weighted by molar-refractivity contribution is 5.95. The number of aliphatic carboxylic acids is 1. The van der Waals surface area contributed by atoms with Crippen molar-refractivity contribution in [1.82, 2.24) is 14.9 Å². The molecule has 2 heterocycles. The number of carbonyl (C=O) groups is 2. The molecule has 1 aliphatic heterocycles. The summed E-state index contributed by atoms with van der Waals surface area (Å²) in [4.78, 5) is 41.0. The van der Waals surface area contributed by atoms with Crippen LogP contribution in [0.1, 0.15) is 23.3 Å². The van der Waals surface area contributed by atoms with E-state index in [4.69, 9.17) is 5.11 Å². The zero-order valence-corrected chi connectivity index (χ0v) is 8.92. The van der Waals surface area contributed by atoms with Crippen LogP contribution in [0.15, 0.2) is 17.2 Å². The van der Waals surface area contributed by atoms with E-state index in [1.165, 1.54) is 11.1 Å². The predicted octanol–water partition coefficient (Wildman–Crippen LogP) is -0.541. The molecule has 1 aliphatic rings. The topological polar surface area (TPSA) is 103 Å². The van der Waals surface area contributed by atoms with Crippen LogP contribution in [0.5, 0.6) is 0 Å². The number of carboxylic acids is 1. The first-order valence-corrected chi connectivity index (χ1v) is 5.18. The van der Waals surface area contributed by atoms with Gasteiger partial charge in [-0.05, 0) is 12.8 Å². The normalized spacial score (nSPS) is 19.3. The summed E-state index contributed by atoms with van der Waals surface area (Å²) in [6.07, 6.45) is 3.30. The molecular weight excluding hydrogens is 226 g/mol. The highest BCUT2D eigenvalue weighted by Gasteiger charge is 2.34. The van der Waals surface area contributed by atoms with Gasteiger partial charge in [0.2, 0.25) is 0 Å². The van der Waals surface area contributed by atoms with Crippen molar-refractivity contribution in [2.24, 2.45) is 0 Å². The number of hydrogen-bond acceptors (Lipinski definition) is 4. The molecule has 0 saturated carbocycles. The number of aromatic nitrogens is 2. The fraction of sp³-hybridized carbons (Fsp3) is 0.400. The van der Waals surface area contributed by atoms with Gasteiger partial charge in [0, 0.05) is 12.7 Å². The first-order chi connectivity index (χ1) is 8.09. The number of nitrogens with zero attached hydrogens (tertiary/aromatic N) is 2. The summed E-state index contributed by atoms with van der Waals surface area (Å²) >= 11 is 0. The fourth-order valence-electron chi connectivity index (χ4n) is 1.87. The van der Waals surface area contributed by atoms with E-state index >= 15 is 0 Å². The van der Waals surface area contributed by atoms with Crippen molar-refractivity contribution in [3.05, 3.63) is 28.4 Å².